The van der Waals surface area contributed by atoms with Crippen LogP contribution in [0, 0.1) is 5.82 Å². The van der Waals surface area contributed by atoms with E-state index in [-0.39, 0.29) is 18.3 Å². The van der Waals surface area contributed by atoms with Crippen LogP contribution in [-0.2, 0) is 11.3 Å². The first-order chi connectivity index (χ1) is 11.7. The van der Waals surface area contributed by atoms with Crippen LogP contribution in [0.2, 0.25) is 0 Å². The molecule has 0 unspecified atom stereocenters. The van der Waals surface area contributed by atoms with Gasteiger partial charge >= 0.3 is 5.97 Å². The van der Waals surface area contributed by atoms with Crippen molar-refractivity contribution in [2.75, 3.05) is 7.11 Å². The summed E-state index contributed by atoms with van der Waals surface area (Å²) in [6.45, 7) is -0.154. The fourth-order valence-corrected chi connectivity index (χ4v) is 1.97. The molecule has 0 bridgehead atoms. The number of ether oxygens (including phenoxy) is 2. The molecule has 0 atom stereocenters. The minimum Gasteiger partial charge on any atom is -0.497 e. The van der Waals surface area contributed by atoms with Crippen LogP contribution < -0.4 is 4.74 Å². The van der Waals surface area contributed by atoms with E-state index in [1.165, 1.54) is 24.3 Å². The molecule has 0 amide bonds. The first-order valence-corrected chi connectivity index (χ1v) is 7.05. The Morgan fingerprint density at radius 1 is 1.12 bits per heavy atom. The van der Waals surface area contributed by atoms with E-state index in [1.54, 1.807) is 31.4 Å². The molecular weight excluding hydrogens is 315 g/mol. The lowest BCUT2D eigenvalue weighted by molar-refractivity contribution is 0.0430. The highest BCUT2D eigenvalue weighted by atomic mass is 19.1. The number of hydrogen-bond donors (Lipinski definition) is 0. The van der Waals surface area contributed by atoms with Gasteiger partial charge in [0.05, 0.1) is 12.7 Å². The number of carbonyl (C=O) groups excluding carboxylic acids is 1. The van der Waals surface area contributed by atoms with Crippen LogP contribution in [0.1, 0.15) is 16.2 Å². The smallest absolute Gasteiger partial charge is 0.338 e. The molecule has 0 N–H and O–H groups in total. The van der Waals surface area contributed by atoms with E-state index in [9.17, 15) is 9.18 Å². The van der Waals surface area contributed by atoms with Crippen LogP contribution in [0.4, 0.5) is 4.39 Å². The number of carbonyl (C=O) groups is 1. The van der Waals surface area contributed by atoms with Crippen molar-refractivity contribution in [3.8, 4) is 17.1 Å². The topological polar surface area (TPSA) is 74.5 Å². The van der Waals surface area contributed by atoms with Crippen LogP contribution in [0.5, 0.6) is 5.75 Å². The van der Waals surface area contributed by atoms with E-state index >= 15 is 0 Å². The van der Waals surface area contributed by atoms with Crippen molar-refractivity contribution >= 4 is 5.97 Å². The molecule has 1 heterocycles. The van der Waals surface area contributed by atoms with E-state index in [2.05, 4.69) is 10.1 Å². The summed E-state index contributed by atoms with van der Waals surface area (Å²) in [4.78, 5) is 16.0. The lowest BCUT2D eigenvalue weighted by Gasteiger charge is -2.03. The van der Waals surface area contributed by atoms with Crippen molar-refractivity contribution < 1.29 is 23.2 Å². The van der Waals surface area contributed by atoms with Gasteiger partial charge in [-0.15, -0.1) is 0 Å². The van der Waals surface area contributed by atoms with Gasteiger partial charge in [-0.2, -0.15) is 4.98 Å². The number of rotatable bonds is 5. The summed E-state index contributed by atoms with van der Waals surface area (Å²) >= 11 is 0. The highest BCUT2D eigenvalue weighted by molar-refractivity contribution is 5.89. The Labute approximate surface area is 136 Å². The number of methoxy groups -OCH3 is 1. The molecule has 122 valence electrons. The molecular formula is C17H13FN2O4. The Hall–Kier alpha value is -3.22. The standard InChI is InChI=1S/C17H13FN2O4/c1-22-14-8-4-12(5-9-14)17(21)23-10-15-19-16(20-24-15)11-2-6-13(18)7-3-11/h2-9H,10H2,1H3. The van der Waals surface area contributed by atoms with Crippen molar-refractivity contribution in [3.05, 3.63) is 65.8 Å². The maximum atomic E-state index is 12.9. The minimum atomic E-state index is -0.515. The second-order valence-electron chi connectivity index (χ2n) is 4.82. The van der Waals surface area contributed by atoms with Gasteiger partial charge in [0.15, 0.2) is 6.61 Å². The second-order valence-corrected chi connectivity index (χ2v) is 4.82. The molecule has 7 heteroatoms. The SMILES string of the molecule is COc1ccc(C(=O)OCc2nc(-c3ccc(F)cc3)no2)cc1. The number of esters is 1. The van der Waals surface area contributed by atoms with Crippen LogP contribution in [0.15, 0.2) is 53.1 Å². The Balaban J connectivity index is 1.62. The molecule has 3 rings (SSSR count). The predicted octanol–water partition coefficient (Wildman–Crippen LogP) is 3.24. The van der Waals surface area contributed by atoms with Crippen LogP contribution >= 0.6 is 0 Å². The predicted molar refractivity (Wildman–Crippen MR) is 81.8 cm³/mol. The van der Waals surface area contributed by atoms with Gasteiger partial charge in [0, 0.05) is 5.56 Å². The monoisotopic (exact) mass is 328 g/mol. The lowest BCUT2D eigenvalue weighted by atomic mass is 10.2. The van der Waals surface area contributed by atoms with E-state index in [0.29, 0.717) is 22.7 Å². The molecule has 0 aliphatic heterocycles. The Morgan fingerprint density at radius 3 is 2.50 bits per heavy atom. The average molecular weight is 328 g/mol. The normalized spacial score (nSPS) is 10.4. The number of nitrogens with zero attached hydrogens (tertiary/aromatic N) is 2. The van der Waals surface area contributed by atoms with E-state index in [0.717, 1.165) is 0 Å². The molecule has 0 aliphatic rings. The van der Waals surface area contributed by atoms with Crippen molar-refractivity contribution in [2.24, 2.45) is 0 Å². The van der Waals surface area contributed by atoms with Gasteiger partial charge in [-0.1, -0.05) is 5.16 Å². The zero-order chi connectivity index (χ0) is 16.9. The third-order valence-electron chi connectivity index (χ3n) is 3.22. The highest BCUT2D eigenvalue weighted by Gasteiger charge is 2.12. The maximum absolute atomic E-state index is 12.9. The number of aromatic nitrogens is 2. The largest absolute Gasteiger partial charge is 0.497 e. The molecule has 0 fully saturated rings. The summed E-state index contributed by atoms with van der Waals surface area (Å²) in [5, 5.41) is 3.77. The summed E-state index contributed by atoms with van der Waals surface area (Å²) in [5.74, 6) is 0.226. The Kier molecular flexibility index (Phi) is 4.51. The van der Waals surface area contributed by atoms with Gasteiger partial charge in [-0.05, 0) is 48.5 Å². The summed E-state index contributed by atoms with van der Waals surface area (Å²) in [6.07, 6.45) is 0. The fraction of sp³-hybridized carbons (Fsp3) is 0.118. The molecule has 2 aromatic carbocycles. The number of halogens is 1. The molecule has 0 aliphatic carbocycles. The van der Waals surface area contributed by atoms with E-state index in [4.69, 9.17) is 14.0 Å². The molecule has 0 spiro atoms. The van der Waals surface area contributed by atoms with Crippen molar-refractivity contribution in [2.45, 2.75) is 6.61 Å². The van der Waals surface area contributed by atoms with Crippen LogP contribution in [0.25, 0.3) is 11.4 Å². The lowest BCUT2D eigenvalue weighted by Crippen LogP contribution is -2.05. The first kappa shape index (κ1) is 15.7. The first-order valence-electron chi connectivity index (χ1n) is 7.05. The van der Waals surface area contributed by atoms with E-state index < -0.39 is 5.97 Å². The van der Waals surface area contributed by atoms with Gasteiger partial charge in [-0.25, -0.2) is 9.18 Å². The van der Waals surface area contributed by atoms with Gasteiger partial charge in [0.1, 0.15) is 11.6 Å². The van der Waals surface area contributed by atoms with Gasteiger partial charge in [0.2, 0.25) is 5.82 Å². The number of benzene rings is 2. The number of hydrogen-bond acceptors (Lipinski definition) is 6. The molecule has 6 nitrogen and oxygen atoms in total. The van der Waals surface area contributed by atoms with Gasteiger partial charge in [0.25, 0.3) is 5.89 Å². The fourth-order valence-electron chi connectivity index (χ4n) is 1.97. The van der Waals surface area contributed by atoms with E-state index in [1.807, 2.05) is 0 Å². The zero-order valence-corrected chi connectivity index (χ0v) is 12.7. The molecule has 0 saturated heterocycles. The minimum absolute atomic E-state index is 0.149. The highest BCUT2D eigenvalue weighted by Crippen LogP contribution is 2.17. The summed E-state index contributed by atoms with van der Waals surface area (Å²) in [6, 6.07) is 12.2. The maximum Gasteiger partial charge on any atom is 0.338 e. The van der Waals surface area contributed by atoms with Crippen molar-refractivity contribution in [1.29, 1.82) is 0 Å². The molecule has 3 aromatic rings. The van der Waals surface area contributed by atoms with Crippen LogP contribution in [-0.4, -0.2) is 23.2 Å². The van der Waals surface area contributed by atoms with Crippen LogP contribution in [0.3, 0.4) is 0 Å². The summed E-state index contributed by atoms with van der Waals surface area (Å²) < 4.78 is 28.1. The van der Waals surface area contributed by atoms with Gasteiger partial charge in [-0.3, -0.25) is 0 Å². The third-order valence-corrected chi connectivity index (χ3v) is 3.22. The zero-order valence-electron chi connectivity index (χ0n) is 12.7. The molecule has 0 saturated carbocycles. The third kappa shape index (κ3) is 3.57. The molecule has 0 radical (unpaired) electrons. The quantitative estimate of drug-likeness (QED) is 0.669. The Bertz CT molecular complexity index is 829. The summed E-state index contributed by atoms with van der Waals surface area (Å²) in [7, 11) is 1.54. The van der Waals surface area contributed by atoms with Crippen molar-refractivity contribution in [3.63, 3.8) is 0 Å². The average Bonchev–Trinajstić information content (AvgIpc) is 3.09. The second kappa shape index (κ2) is 6.91. The Morgan fingerprint density at radius 2 is 1.83 bits per heavy atom. The molecule has 24 heavy (non-hydrogen) atoms. The molecule has 1 aromatic heterocycles. The summed E-state index contributed by atoms with van der Waals surface area (Å²) in [5.41, 5.74) is 0.988. The van der Waals surface area contributed by atoms with Crippen molar-refractivity contribution in [1.82, 2.24) is 10.1 Å². The van der Waals surface area contributed by atoms with Gasteiger partial charge < -0.3 is 14.0 Å².